The lowest BCUT2D eigenvalue weighted by Gasteiger charge is -2.17. The van der Waals surface area contributed by atoms with Crippen LogP contribution >= 0.6 is 0 Å². The minimum Gasteiger partial charge on any atom is -0.493 e. The summed E-state index contributed by atoms with van der Waals surface area (Å²) >= 11 is 0. The van der Waals surface area contributed by atoms with Crippen molar-refractivity contribution in [1.29, 1.82) is 0 Å². The average Bonchev–Trinajstić information content (AvgIpc) is 2.67. The second-order valence-corrected chi connectivity index (χ2v) is 4.49. The molecule has 2 rings (SSSR count). The highest BCUT2D eigenvalue weighted by Gasteiger charge is 2.34. The number of aryl methyl sites for hydroxylation is 1. The molecule has 1 N–H and O–H groups in total. The molecule has 0 bridgehead atoms. The van der Waals surface area contributed by atoms with Gasteiger partial charge in [0, 0.05) is 5.56 Å². The fourth-order valence-corrected chi connectivity index (χ4v) is 2.48. The summed E-state index contributed by atoms with van der Waals surface area (Å²) in [6, 6.07) is 4.51. The monoisotopic (exact) mass is 235 g/mol. The quantitative estimate of drug-likeness (QED) is 0.870. The van der Waals surface area contributed by atoms with Gasteiger partial charge in [-0.1, -0.05) is 19.9 Å². The zero-order valence-electron chi connectivity index (χ0n) is 11.0. The fourth-order valence-electron chi connectivity index (χ4n) is 2.48. The molecule has 0 saturated heterocycles. The van der Waals surface area contributed by atoms with E-state index < -0.39 is 0 Å². The summed E-state index contributed by atoms with van der Waals surface area (Å²) in [6.45, 7) is 7.31. The Morgan fingerprint density at radius 2 is 2.12 bits per heavy atom. The van der Waals surface area contributed by atoms with Crippen LogP contribution in [0.5, 0.6) is 11.5 Å². The van der Waals surface area contributed by atoms with E-state index in [0.717, 1.165) is 24.5 Å². The number of fused-ring (bicyclic) bond motifs is 1. The van der Waals surface area contributed by atoms with Gasteiger partial charge in [0.2, 0.25) is 0 Å². The van der Waals surface area contributed by atoms with Crippen LogP contribution in [0.3, 0.4) is 0 Å². The Morgan fingerprint density at radius 1 is 1.35 bits per heavy atom. The van der Waals surface area contributed by atoms with Crippen molar-refractivity contribution in [2.75, 3.05) is 13.7 Å². The number of likely N-dealkylation sites (N-methyl/N-ethyl adjacent to an activating group) is 1. The van der Waals surface area contributed by atoms with Gasteiger partial charge in [-0.25, -0.2) is 0 Å². The van der Waals surface area contributed by atoms with E-state index in [1.54, 1.807) is 7.11 Å². The maximum Gasteiger partial charge on any atom is 0.166 e. The van der Waals surface area contributed by atoms with Crippen LogP contribution in [0.2, 0.25) is 0 Å². The first kappa shape index (κ1) is 12.2. The zero-order valence-corrected chi connectivity index (χ0v) is 11.0. The van der Waals surface area contributed by atoms with E-state index in [9.17, 15) is 0 Å². The highest BCUT2D eigenvalue weighted by molar-refractivity contribution is 5.53. The molecule has 3 nitrogen and oxygen atoms in total. The number of ether oxygens (including phenoxy) is 2. The Hall–Kier alpha value is -1.22. The van der Waals surface area contributed by atoms with Gasteiger partial charge in [-0.05, 0) is 31.5 Å². The minimum absolute atomic E-state index is 0.209. The maximum atomic E-state index is 6.01. The Balaban J connectivity index is 2.43. The lowest BCUT2D eigenvalue weighted by molar-refractivity contribution is 0.181. The van der Waals surface area contributed by atoms with Gasteiger partial charge >= 0.3 is 0 Å². The Kier molecular flexibility index (Phi) is 3.57. The third kappa shape index (κ3) is 2.12. The number of rotatable bonds is 4. The number of methoxy groups -OCH3 is 1. The van der Waals surface area contributed by atoms with Gasteiger partial charge < -0.3 is 14.8 Å². The molecule has 0 fully saturated rings. The molecule has 1 aromatic rings. The van der Waals surface area contributed by atoms with Crippen LogP contribution in [-0.4, -0.2) is 19.8 Å². The molecule has 0 amide bonds. The fraction of sp³-hybridized carbons (Fsp3) is 0.571. The van der Waals surface area contributed by atoms with E-state index >= 15 is 0 Å². The summed E-state index contributed by atoms with van der Waals surface area (Å²) in [7, 11) is 1.69. The van der Waals surface area contributed by atoms with Crippen molar-refractivity contribution in [2.45, 2.75) is 39.3 Å². The Morgan fingerprint density at radius 3 is 2.71 bits per heavy atom. The van der Waals surface area contributed by atoms with E-state index in [0.29, 0.717) is 0 Å². The first-order valence-corrected chi connectivity index (χ1v) is 6.29. The highest BCUT2D eigenvalue weighted by Crippen LogP contribution is 2.44. The van der Waals surface area contributed by atoms with E-state index in [1.807, 2.05) is 6.07 Å². The van der Waals surface area contributed by atoms with Crippen LogP contribution in [0.1, 0.15) is 37.4 Å². The van der Waals surface area contributed by atoms with Gasteiger partial charge in [0.1, 0.15) is 6.10 Å². The second kappa shape index (κ2) is 4.96. The number of benzene rings is 1. The second-order valence-electron chi connectivity index (χ2n) is 4.49. The highest BCUT2D eigenvalue weighted by atomic mass is 16.5. The summed E-state index contributed by atoms with van der Waals surface area (Å²) in [4.78, 5) is 0. The van der Waals surface area contributed by atoms with Crippen LogP contribution in [-0.2, 0) is 0 Å². The molecule has 2 atom stereocenters. The molecule has 0 aliphatic carbocycles. The molecular weight excluding hydrogens is 214 g/mol. The van der Waals surface area contributed by atoms with Gasteiger partial charge in [-0.3, -0.25) is 0 Å². The molecule has 0 spiro atoms. The van der Waals surface area contributed by atoms with Gasteiger partial charge in [0.15, 0.2) is 11.5 Å². The van der Waals surface area contributed by atoms with E-state index in [4.69, 9.17) is 9.47 Å². The predicted octanol–water partition coefficient (Wildman–Crippen LogP) is 2.83. The zero-order chi connectivity index (χ0) is 12.4. The molecule has 1 aliphatic heterocycles. The Labute approximate surface area is 103 Å². The third-order valence-corrected chi connectivity index (χ3v) is 3.25. The first-order chi connectivity index (χ1) is 8.21. The van der Waals surface area contributed by atoms with Crippen molar-refractivity contribution >= 4 is 0 Å². The van der Waals surface area contributed by atoms with Crippen molar-refractivity contribution in [3.8, 4) is 11.5 Å². The van der Waals surface area contributed by atoms with Crippen molar-refractivity contribution in [1.82, 2.24) is 5.32 Å². The lowest BCUT2D eigenvalue weighted by Crippen LogP contribution is -2.30. The molecule has 1 aliphatic rings. The largest absolute Gasteiger partial charge is 0.493 e. The van der Waals surface area contributed by atoms with Crippen molar-refractivity contribution in [2.24, 2.45) is 0 Å². The molecule has 3 heteroatoms. The summed E-state index contributed by atoms with van der Waals surface area (Å²) in [5.74, 6) is 1.76. The van der Waals surface area contributed by atoms with Crippen LogP contribution < -0.4 is 14.8 Å². The Bertz CT molecular complexity index is 403. The molecule has 0 aromatic heterocycles. The molecular formula is C14H21NO2. The smallest absolute Gasteiger partial charge is 0.166 e. The standard InChI is InChI=1S/C14H21NO2/c1-5-11-13(15-6-2)10-7-9(3)8-12(16-4)14(10)17-11/h7-8,11,13,15H,5-6H2,1-4H3. The SMILES string of the molecule is CCNC1c2cc(C)cc(OC)c2OC1CC. The minimum atomic E-state index is 0.209. The van der Waals surface area contributed by atoms with Gasteiger partial charge in [0.05, 0.1) is 13.2 Å². The average molecular weight is 235 g/mol. The van der Waals surface area contributed by atoms with Crippen LogP contribution in [0.25, 0.3) is 0 Å². The van der Waals surface area contributed by atoms with E-state index in [1.165, 1.54) is 11.1 Å². The number of hydrogen-bond donors (Lipinski definition) is 1. The molecule has 17 heavy (non-hydrogen) atoms. The summed E-state index contributed by atoms with van der Waals surface area (Å²) in [6.07, 6.45) is 1.20. The predicted molar refractivity (Wildman–Crippen MR) is 68.9 cm³/mol. The number of hydrogen-bond acceptors (Lipinski definition) is 3. The van der Waals surface area contributed by atoms with Crippen LogP contribution in [0.15, 0.2) is 12.1 Å². The van der Waals surface area contributed by atoms with Crippen LogP contribution in [0, 0.1) is 6.92 Å². The van der Waals surface area contributed by atoms with Gasteiger partial charge in [0.25, 0.3) is 0 Å². The normalized spacial score (nSPS) is 22.1. The van der Waals surface area contributed by atoms with Gasteiger partial charge in [-0.2, -0.15) is 0 Å². The molecule has 0 radical (unpaired) electrons. The number of nitrogens with one attached hydrogen (secondary N) is 1. The molecule has 2 unspecified atom stereocenters. The first-order valence-electron chi connectivity index (χ1n) is 6.29. The van der Waals surface area contributed by atoms with Crippen molar-refractivity contribution < 1.29 is 9.47 Å². The molecule has 94 valence electrons. The summed E-state index contributed by atoms with van der Waals surface area (Å²) in [5.41, 5.74) is 2.44. The van der Waals surface area contributed by atoms with Gasteiger partial charge in [-0.15, -0.1) is 0 Å². The lowest BCUT2D eigenvalue weighted by atomic mass is 10.00. The van der Waals surface area contributed by atoms with E-state index in [-0.39, 0.29) is 12.1 Å². The molecule has 1 heterocycles. The third-order valence-electron chi connectivity index (χ3n) is 3.25. The van der Waals surface area contributed by atoms with Crippen molar-refractivity contribution in [3.05, 3.63) is 23.3 Å². The maximum absolute atomic E-state index is 6.01. The molecule has 0 saturated carbocycles. The summed E-state index contributed by atoms with van der Waals surface area (Å²) < 4.78 is 11.4. The topological polar surface area (TPSA) is 30.5 Å². The van der Waals surface area contributed by atoms with E-state index in [2.05, 4.69) is 32.2 Å². The van der Waals surface area contributed by atoms with Crippen molar-refractivity contribution in [3.63, 3.8) is 0 Å². The molecule has 1 aromatic carbocycles. The summed E-state index contributed by atoms with van der Waals surface area (Å²) in [5, 5.41) is 3.50. The van der Waals surface area contributed by atoms with Crippen LogP contribution in [0.4, 0.5) is 0 Å².